The number of rotatable bonds is 7. The zero-order valence-electron chi connectivity index (χ0n) is 17.5. The number of nitrogens with zero attached hydrogens (tertiary/aromatic N) is 3. The predicted molar refractivity (Wildman–Crippen MR) is 116 cm³/mol. The summed E-state index contributed by atoms with van der Waals surface area (Å²) in [5.74, 6) is 0.619. The molecule has 3 rings (SSSR count). The van der Waals surface area contributed by atoms with Crippen LogP contribution < -0.4 is 16.2 Å². The van der Waals surface area contributed by atoms with Crippen molar-refractivity contribution in [1.29, 1.82) is 0 Å². The molecule has 1 aromatic heterocycles. The molecule has 1 aromatic carbocycles. The van der Waals surface area contributed by atoms with E-state index in [1.165, 1.54) is 6.08 Å². The SMILES string of the molecule is C=CC(=O)N1CCCC(n2nc(-c3ccc(OCC(C)C)cc3)c(C(N)=O)c2N)C1. The van der Waals surface area contributed by atoms with Crippen molar-refractivity contribution in [1.82, 2.24) is 14.7 Å². The van der Waals surface area contributed by atoms with Gasteiger partial charge in [0.05, 0.1) is 12.6 Å². The van der Waals surface area contributed by atoms with Gasteiger partial charge in [0.1, 0.15) is 22.8 Å². The fourth-order valence-corrected chi connectivity index (χ4v) is 3.63. The number of piperidine rings is 1. The van der Waals surface area contributed by atoms with Gasteiger partial charge in [-0.05, 0) is 49.1 Å². The minimum Gasteiger partial charge on any atom is -0.493 e. The summed E-state index contributed by atoms with van der Waals surface area (Å²) in [7, 11) is 0. The molecule has 2 amide bonds. The number of amides is 2. The highest BCUT2D eigenvalue weighted by Crippen LogP contribution is 2.32. The first-order valence-corrected chi connectivity index (χ1v) is 10.1. The van der Waals surface area contributed by atoms with E-state index in [0.29, 0.717) is 31.3 Å². The van der Waals surface area contributed by atoms with Crippen LogP contribution in [0.3, 0.4) is 0 Å². The zero-order chi connectivity index (χ0) is 21.8. The number of nitrogen functional groups attached to an aromatic ring is 1. The van der Waals surface area contributed by atoms with Crippen LogP contribution >= 0.6 is 0 Å². The van der Waals surface area contributed by atoms with Crippen molar-refractivity contribution in [3.05, 3.63) is 42.5 Å². The van der Waals surface area contributed by atoms with Crippen molar-refractivity contribution in [2.75, 3.05) is 25.4 Å². The Labute approximate surface area is 176 Å². The summed E-state index contributed by atoms with van der Waals surface area (Å²) >= 11 is 0. The van der Waals surface area contributed by atoms with Gasteiger partial charge in [-0.2, -0.15) is 5.10 Å². The number of aromatic nitrogens is 2. The maximum absolute atomic E-state index is 12.2. The largest absolute Gasteiger partial charge is 0.493 e. The molecule has 0 radical (unpaired) electrons. The smallest absolute Gasteiger partial charge is 0.254 e. The van der Waals surface area contributed by atoms with E-state index >= 15 is 0 Å². The van der Waals surface area contributed by atoms with Gasteiger partial charge < -0.3 is 21.1 Å². The Kier molecular flexibility index (Phi) is 6.44. The number of benzene rings is 1. The van der Waals surface area contributed by atoms with Crippen LogP contribution in [0.5, 0.6) is 5.75 Å². The average Bonchev–Trinajstić information content (AvgIpc) is 3.09. The number of hydrogen-bond acceptors (Lipinski definition) is 5. The lowest BCUT2D eigenvalue weighted by Crippen LogP contribution is -2.40. The van der Waals surface area contributed by atoms with Gasteiger partial charge in [0, 0.05) is 18.7 Å². The number of carbonyl (C=O) groups excluding carboxylic acids is 2. The van der Waals surface area contributed by atoms with Gasteiger partial charge in [0.15, 0.2) is 0 Å². The van der Waals surface area contributed by atoms with Crippen molar-refractivity contribution in [2.45, 2.75) is 32.7 Å². The molecule has 4 N–H and O–H groups in total. The van der Waals surface area contributed by atoms with E-state index in [0.717, 1.165) is 24.2 Å². The van der Waals surface area contributed by atoms with Gasteiger partial charge in [-0.15, -0.1) is 0 Å². The standard InChI is InChI=1S/C22H29N5O3/c1-4-18(28)26-11-5-6-16(12-26)27-21(23)19(22(24)29)20(25-27)15-7-9-17(10-8-15)30-13-14(2)3/h4,7-10,14,16H,1,5-6,11-13,23H2,2-3H3,(H2,24,29). The fourth-order valence-electron chi connectivity index (χ4n) is 3.63. The lowest BCUT2D eigenvalue weighted by atomic mass is 10.1. The van der Waals surface area contributed by atoms with Crippen molar-refractivity contribution in [2.24, 2.45) is 11.7 Å². The van der Waals surface area contributed by atoms with Crippen LogP contribution in [0.1, 0.15) is 43.1 Å². The third-order valence-corrected chi connectivity index (χ3v) is 5.13. The number of ether oxygens (including phenoxy) is 1. The topological polar surface area (TPSA) is 116 Å². The summed E-state index contributed by atoms with van der Waals surface area (Å²) in [5, 5.41) is 4.63. The van der Waals surface area contributed by atoms with Crippen molar-refractivity contribution in [3.63, 3.8) is 0 Å². The second-order valence-corrected chi connectivity index (χ2v) is 7.93. The Morgan fingerprint density at radius 3 is 2.63 bits per heavy atom. The van der Waals surface area contributed by atoms with Crippen LogP contribution in [0.15, 0.2) is 36.9 Å². The molecule has 0 saturated carbocycles. The molecule has 30 heavy (non-hydrogen) atoms. The van der Waals surface area contributed by atoms with Gasteiger partial charge >= 0.3 is 0 Å². The van der Waals surface area contributed by atoms with E-state index in [1.54, 1.807) is 9.58 Å². The van der Waals surface area contributed by atoms with Crippen molar-refractivity contribution < 1.29 is 14.3 Å². The Morgan fingerprint density at radius 2 is 2.03 bits per heavy atom. The molecule has 2 aromatic rings. The molecule has 1 atom stereocenters. The predicted octanol–water partition coefficient (Wildman–Crippen LogP) is 2.62. The molecule has 0 spiro atoms. The number of nitrogens with two attached hydrogens (primary N) is 2. The summed E-state index contributed by atoms with van der Waals surface area (Å²) in [4.78, 5) is 25.9. The quantitative estimate of drug-likeness (QED) is 0.679. The van der Waals surface area contributed by atoms with E-state index in [4.69, 9.17) is 16.2 Å². The maximum Gasteiger partial charge on any atom is 0.254 e. The monoisotopic (exact) mass is 411 g/mol. The average molecular weight is 412 g/mol. The Hall–Kier alpha value is -3.29. The molecule has 1 aliphatic heterocycles. The van der Waals surface area contributed by atoms with Gasteiger partial charge in [-0.25, -0.2) is 4.68 Å². The minimum absolute atomic E-state index is 0.127. The highest BCUT2D eigenvalue weighted by molar-refractivity contribution is 6.03. The van der Waals surface area contributed by atoms with Gasteiger partial charge in [0.25, 0.3) is 5.91 Å². The molecule has 160 valence electrons. The molecule has 1 fully saturated rings. The second kappa shape index (κ2) is 9.02. The molecule has 0 bridgehead atoms. The molecular formula is C22H29N5O3. The molecule has 1 unspecified atom stereocenters. The maximum atomic E-state index is 12.2. The van der Waals surface area contributed by atoms with Crippen LogP contribution in [0, 0.1) is 5.92 Å². The summed E-state index contributed by atoms with van der Waals surface area (Å²) in [6.07, 6.45) is 2.91. The summed E-state index contributed by atoms with van der Waals surface area (Å²) in [5.41, 5.74) is 13.3. The number of likely N-dealkylation sites (tertiary alicyclic amines) is 1. The number of hydrogen-bond donors (Lipinski definition) is 2. The first-order chi connectivity index (χ1) is 14.3. The van der Waals surface area contributed by atoms with E-state index in [-0.39, 0.29) is 23.3 Å². The summed E-state index contributed by atoms with van der Waals surface area (Å²) < 4.78 is 7.34. The normalized spacial score (nSPS) is 16.5. The third-order valence-electron chi connectivity index (χ3n) is 5.13. The zero-order valence-corrected chi connectivity index (χ0v) is 17.5. The highest BCUT2D eigenvalue weighted by Gasteiger charge is 2.29. The third kappa shape index (κ3) is 4.48. The highest BCUT2D eigenvalue weighted by atomic mass is 16.5. The number of anilines is 1. The minimum atomic E-state index is -0.635. The molecule has 0 aliphatic carbocycles. The van der Waals surface area contributed by atoms with Gasteiger partial charge in [0.2, 0.25) is 5.91 Å². The van der Waals surface area contributed by atoms with Crippen LogP contribution in [-0.4, -0.2) is 46.2 Å². The van der Waals surface area contributed by atoms with Crippen LogP contribution in [-0.2, 0) is 4.79 Å². The lowest BCUT2D eigenvalue weighted by molar-refractivity contribution is -0.127. The molecular weight excluding hydrogens is 382 g/mol. The number of primary amides is 1. The Bertz CT molecular complexity index is 933. The molecule has 2 heterocycles. The van der Waals surface area contributed by atoms with Gasteiger partial charge in [-0.1, -0.05) is 20.4 Å². The molecule has 1 saturated heterocycles. The van der Waals surface area contributed by atoms with Gasteiger partial charge in [-0.3, -0.25) is 9.59 Å². The molecule has 8 nitrogen and oxygen atoms in total. The van der Waals surface area contributed by atoms with E-state index < -0.39 is 5.91 Å². The van der Waals surface area contributed by atoms with Crippen LogP contribution in [0.25, 0.3) is 11.3 Å². The second-order valence-electron chi connectivity index (χ2n) is 7.93. The van der Waals surface area contributed by atoms with Crippen LogP contribution in [0.4, 0.5) is 5.82 Å². The molecule has 1 aliphatic rings. The van der Waals surface area contributed by atoms with E-state index in [1.807, 2.05) is 24.3 Å². The van der Waals surface area contributed by atoms with Crippen LogP contribution in [0.2, 0.25) is 0 Å². The first kappa shape index (κ1) is 21.4. The van der Waals surface area contributed by atoms with Crippen molar-refractivity contribution >= 4 is 17.6 Å². The Balaban J connectivity index is 1.92. The summed E-state index contributed by atoms with van der Waals surface area (Å²) in [6.45, 7) is 9.45. The van der Waals surface area contributed by atoms with E-state index in [2.05, 4.69) is 25.5 Å². The lowest BCUT2D eigenvalue weighted by Gasteiger charge is -2.32. The van der Waals surface area contributed by atoms with Crippen molar-refractivity contribution in [3.8, 4) is 17.0 Å². The molecule has 8 heteroatoms. The number of carbonyl (C=O) groups is 2. The first-order valence-electron chi connectivity index (χ1n) is 10.1. The summed E-state index contributed by atoms with van der Waals surface area (Å²) in [6, 6.07) is 7.21. The fraction of sp³-hybridized carbons (Fsp3) is 0.409. The Morgan fingerprint density at radius 1 is 1.33 bits per heavy atom. The van der Waals surface area contributed by atoms with E-state index in [9.17, 15) is 9.59 Å².